The lowest BCUT2D eigenvalue weighted by Gasteiger charge is -1.93. The van der Waals surface area contributed by atoms with Gasteiger partial charge in [0.25, 0.3) is 9.05 Å². The van der Waals surface area contributed by atoms with Crippen LogP contribution < -0.4 is 0 Å². The summed E-state index contributed by atoms with van der Waals surface area (Å²) >= 11 is 0. The van der Waals surface area contributed by atoms with Crippen molar-refractivity contribution < 1.29 is 8.42 Å². The largest absolute Gasteiger partial charge is 0.261 e. The molecule has 0 N–H and O–H groups in total. The van der Waals surface area contributed by atoms with Crippen LogP contribution in [0.5, 0.6) is 0 Å². The third-order valence-corrected chi connectivity index (χ3v) is 3.55. The van der Waals surface area contributed by atoms with Gasteiger partial charge < -0.3 is 0 Å². The Morgan fingerprint density at radius 2 is 1.47 bits per heavy atom. The zero-order chi connectivity index (χ0) is 12.7. The van der Waals surface area contributed by atoms with Gasteiger partial charge in [-0.15, -0.1) is 0 Å². The fourth-order valence-electron chi connectivity index (χ4n) is 1.39. The van der Waals surface area contributed by atoms with Crippen molar-refractivity contribution in [2.24, 2.45) is 0 Å². The molecule has 0 aliphatic heterocycles. The topological polar surface area (TPSA) is 34.1 Å². The average molecular weight is 271 g/mol. The first kappa shape index (κ1) is 14.0. The second-order valence-electron chi connectivity index (χ2n) is 3.60. The summed E-state index contributed by atoms with van der Waals surface area (Å²) in [6, 6.07) is 13.9. The molecule has 0 saturated carbocycles. The maximum Gasteiger partial charge on any atom is 0.261 e. The summed E-state index contributed by atoms with van der Waals surface area (Å²) in [5, 5.41) is 0. The number of aryl methyl sites for hydroxylation is 1. The van der Waals surface area contributed by atoms with E-state index in [9.17, 15) is 8.42 Å². The van der Waals surface area contributed by atoms with E-state index >= 15 is 0 Å². The summed E-state index contributed by atoms with van der Waals surface area (Å²) in [7, 11) is 1.61. The molecule has 0 aliphatic rings. The van der Waals surface area contributed by atoms with E-state index in [1.807, 2.05) is 24.3 Å². The van der Waals surface area contributed by atoms with Crippen LogP contribution in [0, 0.1) is 0 Å². The van der Waals surface area contributed by atoms with Gasteiger partial charge in [0, 0.05) is 10.7 Å². The normalized spacial score (nSPS) is 10.7. The molecule has 0 aromatic heterocycles. The van der Waals surface area contributed by atoms with Crippen LogP contribution in [-0.4, -0.2) is 8.42 Å². The lowest BCUT2D eigenvalue weighted by molar-refractivity contribution is 0.609. The first-order valence-corrected chi connectivity index (χ1v) is 7.72. The highest BCUT2D eigenvalue weighted by Gasteiger charge is 2.05. The number of hydrogen-bond donors (Lipinski definition) is 0. The molecule has 0 amide bonds. The molecule has 92 valence electrons. The molecule has 1 aromatic rings. The van der Waals surface area contributed by atoms with E-state index in [2.05, 4.69) is 6.92 Å². The zero-order valence-electron chi connectivity index (χ0n) is 9.64. The molecule has 17 heavy (non-hydrogen) atoms. The molecule has 0 radical (unpaired) electrons. The maximum absolute atomic E-state index is 11.2. The van der Waals surface area contributed by atoms with Gasteiger partial charge in [0.1, 0.15) is 0 Å². The SMILES string of the molecule is CCCc1ccccc(S(=O)(=O)Cl)cccc1. The van der Waals surface area contributed by atoms with Gasteiger partial charge in [-0.05, 0) is 24.1 Å². The van der Waals surface area contributed by atoms with Crippen molar-refractivity contribution >= 4 is 19.7 Å². The predicted octanol–water partition coefficient (Wildman–Crippen LogP) is 3.69. The van der Waals surface area contributed by atoms with Gasteiger partial charge >= 0.3 is 0 Å². The van der Waals surface area contributed by atoms with Gasteiger partial charge in [0.2, 0.25) is 0 Å². The van der Waals surface area contributed by atoms with Crippen molar-refractivity contribution in [3.8, 4) is 0 Å². The minimum atomic E-state index is -3.68. The van der Waals surface area contributed by atoms with E-state index in [-0.39, 0.29) is 4.90 Å². The third kappa shape index (κ3) is 5.20. The first-order chi connectivity index (χ1) is 8.04. The first-order valence-electron chi connectivity index (χ1n) is 5.41. The van der Waals surface area contributed by atoms with Gasteiger partial charge in [-0.1, -0.05) is 49.7 Å². The average Bonchev–Trinajstić information content (AvgIpc) is 2.25. The molecule has 1 rings (SSSR count). The molecule has 0 bridgehead atoms. The maximum atomic E-state index is 11.2. The Bertz CT molecular complexity index is 495. The quantitative estimate of drug-likeness (QED) is 0.785. The minimum absolute atomic E-state index is 0.0902. The standard InChI is InChI=1S/C13H15ClO2S/c1-2-7-12-8-3-5-10-13(17(14,15)16)11-6-4-9-12/h3-6,8-11H,2,7H2,1H3. The van der Waals surface area contributed by atoms with Crippen LogP contribution >= 0.6 is 10.7 Å². The van der Waals surface area contributed by atoms with E-state index < -0.39 is 9.05 Å². The van der Waals surface area contributed by atoms with Gasteiger partial charge in [-0.3, -0.25) is 0 Å². The molecule has 0 unspecified atom stereocenters. The summed E-state index contributed by atoms with van der Waals surface area (Å²) in [6.07, 6.45) is 2.07. The van der Waals surface area contributed by atoms with Crippen LogP contribution in [0.1, 0.15) is 18.9 Å². The van der Waals surface area contributed by atoms with Crippen molar-refractivity contribution in [2.45, 2.75) is 24.7 Å². The molecule has 2 nitrogen and oxygen atoms in total. The van der Waals surface area contributed by atoms with Crippen LogP contribution in [0.4, 0.5) is 0 Å². The molecule has 0 saturated heterocycles. The van der Waals surface area contributed by atoms with Crippen molar-refractivity contribution in [2.75, 3.05) is 0 Å². The van der Waals surface area contributed by atoms with Gasteiger partial charge in [-0.25, -0.2) is 8.42 Å². The highest BCUT2D eigenvalue weighted by Crippen LogP contribution is 2.11. The summed E-state index contributed by atoms with van der Waals surface area (Å²) in [4.78, 5) is 0.0902. The molecule has 0 heterocycles. The second-order valence-corrected chi connectivity index (χ2v) is 6.17. The van der Waals surface area contributed by atoms with Crippen molar-refractivity contribution in [3.63, 3.8) is 0 Å². The zero-order valence-corrected chi connectivity index (χ0v) is 11.2. The number of rotatable bonds is 3. The van der Waals surface area contributed by atoms with E-state index in [1.54, 1.807) is 12.1 Å². The third-order valence-electron chi connectivity index (χ3n) is 2.18. The molecule has 0 spiro atoms. The molecule has 4 heteroatoms. The molecule has 0 atom stereocenters. The Morgan fingerprint density at radius 3 is 1.88 bits per heavy atom. The van der Waals surface area contributed by atoms with Crippen LogP contribution in [-0.2, 0) is 15.5 Å². The Hall–Kier alpha value is -1.06. The molecule has 0 fully saturated rings. The minimum Gasteiger partial charge on any atom is -0.207 e. The monoisotopic (exact) mass is 270 g/mol. The van der Waals surface area contributed by atoms with Crippen LogP contribution in [0.3, 0.4) is 0 Å². The smallest absolute Gasteiger partial charge is 0.207 e. The molecule has 0 aliphatic carbocycles. The lowest BCUT2D eigenvalue weighted by atomic mass is 10.1. The number of hydrogen-bond acceptors (Lipinski definition) is 2. The van der Waals surface area contributed by atoms with Crippen molar-refractivity contribution in [1.82, 2.24) is 0 Å². The van der Waals surface area contributed by atoms with Gasteiger partial charge in [-0.2, -0.15) is 0 Å². The number of halogens is 1. The van der Waals surface area contributed by atoms with Crippen LogP contribution in [0.25, 0.3) is 0 Å². The van der Waals surface area contributed by atoms with Gasteiger partial charge in [0.05, 0.1) is 4.90 Å². The van der Waals surface area contributed by atoms with Gasteiger partial charge in [0.15, 0.2) is 0 Å². The second kappa shape index (κ2) is 6.62. The Morgan fingerprint density at radius 1 is 1.00 bits per heavy atom. The summed E-state index contributed by atoms with van der Waals surface area (Å²) in [5.41, 5.74) is 1.21. The Kier molecular flexibility index (Phi) is 5.45. The summed E-state index contributed by atoms with van der Waals surface area (Å²) in [5.74, 6) is 0. The summed E-state index contributed by atoms with van der Waals surface area (Å²) < 4.78 is 22.4. The highest BCUT2D eigenvalue weighted by molar-refractivity contribution is 8.13. The fourth-order valence-corrected chi connectivity index (χ4v) is 2.18. The molecular weight excluding hydrogens is 256 g/mol. The van der Waals surface area contributed by atoms with Crippen LogP contribution in [0.2, 0.25) is 0 Å². The van der Waals surface area contributed by atoms with Crippen LogP contribution in [0.15, 0.2) is 53.4 Å². The lowest BCUT2D eigenvalue weighted by Crippen LogP contribution is -1.87. The fraction of sp³-hybridized carbons (Fsp3) is 0.231. The Balaban J connectivity index is 3.23. The van der Waals surface area contributed by atoms with Crippen molar-refractivity contribution in [1.29, 1.82) is 0 Å². The summed E-state index contributed by atoms with van der Waals surface area (Å²) in [6.45, 7) is 2.12. The van der Waals surface area contributed by atoms with E-state index in [0.29, 0.717) is 0 Å². The molecule has 1 aromatic carbocycles. The molecular formula is C13H15ClO2S. The predicted molar refractivity (Wildman–Crippen MR) is 71.1 cm³/mol. The van der Waals surface area contributed by atoms with Crippen molar-refractivity contribution in [3.05, 3.63) is 54.1 Å². The van der Waals surface area contributed by atoms with E-state index in [0.717, 1.165) is 12.8 Å². The van der Waals surface area contributed by atoms with E-state index in [1.165, 1.54) is 17.7 Å². The van der Waals surface area contributed by atoms with E-state index in [4.69, 9.17) is 10.7 Å². The highest BCUT2D eigenvalue weighted by atomic mass is 35.7. The Labute approximate surface area is 107 Å².